The summed E-state index contributed by atoms with van der Waals surface area (Å²) in [5, 5.41) is 7.74. The molecule has 1 aromatic rings. The second-order valence-corrected chi connectivity index (χ2v) is 5.24. The first kappa shape index (κ1) is 13.3. The second kappa shape index (κ2) is 6.14. The first-order valence-corrected chi connectivity index (χ1v) is 6.93. The standard InChI is InChI=1S/C14H23N3O/c1-3-12-8-13(17(2)16-12)9-14(18)7-11-5-4-6-15-10-11/h8,11,15H,3-7,9-10H2,1-2H3. The highest BCUT2D eigenvalue weighted by atomic mass is 16.1. The van der Waals surface area contributed by atoms with Crippen LogP contribution in [-0.2, 0) is 24.7 Å². The minimum atomic E-state index is 0.342. The van der Waals surface area contributed by atoms with Crippen molar-refractivity contribution in [3.05, 3.63) is 17.5 Å². The molecule has 4 heteroatoms. The third-order valence-corrected chi connectivity index (χ3v) is 3.68. The van der Waals surface area contributed by atoms with Crippen molar-refractivity contribution in [2.75, 3.05) is 13.1 Å². The van der Waals surface area contributed by atoms with Crippen LogP contribution in [0.15, 0.2) is 6.07 Å². The minimum Gasteiger partial charge on any atom is -0.316 e. The van der Waals surface area contributed by atoms with Crippen LogP contribution in [0.3, 0.4) is 0 Å². The van der Waals surface area contributed by atoms with Gasteiger partial charge in [0.15, 0.2) is 0 Å². The summed E-state index contributed by atoms with van der Waals surface area (Å²) in [7, 11) is 1.92. The first-order valence-electron chi connectivity index (χ1n) is 6.93. The van der Waals surface area contributed by atoms with E-state index in [0.717, 1.165) is 30.9 Å². The summed E-state index contributed by atoms with van der Waals surface area (Å²) < 4.78 is 1.84. The zero-order valence-corrected chi connectivity index (χ0v) is 11.4. The lowest BCUT2D eigenvalue weighted by Gasteiger charge is -2.21. The molecule has 1 aliphatic rings. The zero-order chi connectivity index (χ0) is 13.0. The minimum absolute atomic E-state index is 0.342. The van der Waals surface area contributed by atoms with E-state index in [4.69, 9.17) is 0 Å². The van der Waals surface area contributed by atoms with Gasteiger partial charge in [-0.15, -0.1) is 0 Å². The lowest BCUT2D eigenvalue weighted by molar-refractivity contribution is -0.119. The zero-order valence-electron chi connectivity index (χ0n) is 11.4. The number of piperidine rings is 1. The summed E-state index contributed by atoms with van der Waals surface area (Å²) in [6.45, 7) is 4.19. The monoisotopic (exact) mass is 249 g/mol. The Labute approximate surface area is 109 Å². The lowest BCUT2D eigenvalue weighted by Crippen LogP contribution is -2.31. The van der Waals surface area contributed by atoms with Crippen LogP contribution >= 0.6 is 0 Å². The van der Waals surface area contributed by atoms with Crippen LogP contribution in [0.4, 0.5) is 0 Å². The third kappa shape index (κ3) is 3.42. The van der Waals surface area contributed by atoms with Gasteiger partial charge in [-0.3, -0.25) is 9.48 Å². The molecule has 2 rings (SSSR count). The van der Waals surface area contributed by atoms with Gasteiger partial charge < -0.3 is 5.32 Å². The Morgan fingerprint density at radius 1 is 1.61 bits per heavy atom. The molecule has 1 unspecified atom stereocenters. The normalized spacial score (nSPS) is 20.0. The average molecular weight is 249 g/mol. The molecule has 0 amide bonds. The molecule has 1 atom stereocenters. The number of carbonyl (C=O) groups is 1. The summed E-state index contributed by atoms with van der Waals surface area (Å²) >= 11 is 0. The molecule has 0 aliphatic carbocycles. The van der Waals surface area contributed by atoms with Gasteiger partial charge in [0.25, 0.3) is 0 Å². The number of Topliss-reactive ketones (excluding diaryl/α,β-unsaturated/α-hetero) is 1. The van der Waals surface area contributed by atoms with E-state index in [-0.39, 0.29) is 0 Å². The third-order valence-electron chi connectivity index (χ3n) is 3.68. The number of nitrogens with zero attached hydrogens (tertiary/aromatic N) is 2. The molecule has 4 nitrogen and oxygen atoms in total. The molecular formula is C14H23N3O. The van der Waals surface area contributed by atoms with E-state index in [9.17, 15) is 4.79 Å². The van der Waals surface area contributed by atoms with Gasteiger partial charge in [-0.1, -0.05) is 6.92 Å². The van der Waals surface area contributed by atoms with E-state index in [2.05, 4.69) is 23.4 Å². The predicted octanol–water partition coefficient (Wildman–Crippen LogP) is 1.48. The summed E-state index contributed by atoms with van der Waals surface area (Å²) in [6.07, 6.45) is 4.54. The molecule has 0 aromatic carbocycles. The van der Waals surface area contributed by atoms with Crippen molar-refractivity contribution in [3.8, 4) is 0 Å². The fraction of sp³-hybridized carbons (Fsp3) is 0.714. The molecular weight excluding hydrogens is 226 g/mol. The molecule has 0 spiro atoms. The van der Waals surface area contributed by atoms with Gasteiger partial charge in [0.2, 0.25) is 0 Å². The van der Waals surface area contributed by atoms with Crippen LogP contribution in [0.25, 0.3) is 0 Å². The highest BCUT2D eigenvalue weighted by Gasteiger charge is 2.18. The highest BCUT2D eigenvalue weighted by molar-refractivity contribution is 5.80. The molecule has 1 saturated heterocycles. The largest absolute Gasteiger partial charge is 0.316 e. The average Bonchev–Trinajstić information content (AvgIpc) is 2.71. The maximum atomic E-state index is 12.1. The maximum Gasteiger partial charge on any atom is 0.139 e. The molecule has 0 radical (unpaired) electrons. The van der Waals surface area contributed by atoms with Crippen molar-refractivity contribution in [1.29, 1.82) is 0 Å². The molecule has 0 saturated carbocycles. The molecule has 2 heterocycles. The molecule has 1 N–H and O–H groups in total. The Kier molecular flexibility index (Phi) is 4.53. The quantitative estimate of drug-likeness (QED) is 0.860. The first-order chi connectivity index (χ1) is 8.69. The van der Waals surface area contributed by atoms with Crippen LogP contribution < -0.4 is 5.32 Å². The number of hydrogen-bond acceptors (Lipinski definition) is 3. The van der Waals surface area contributed by atoms with Gasteiger partial charge in [0.1, 0.15) is 5.78 Å². The van der Waals surface area contributed by atoms with Gasteiger partial charge >= 0.3 is 0 Å². The fourth-order valence-corrected chi connectivity index (χ4v) is 2.60. The Balaban J connectivity index is 1.87. The maximum absolute atomic E-state index is 12.1. The van der Waals surface area contributed by atoms with Crippen molar-refractivity contribution in [2.24, 2.45) is 13.0 Å². The smallest absolute Gasteiger partial charge is 0.139 e. The van der Waals surface area contributed by atoms with Crippen LogP contribution in [0.1, 0.15) is 37.6 Å². The van der Waals surface area contributed by atoms with Crippen LogP contribution in [0.2, 0.25) is 0 Å². The molecule has 1 aliphatic heterocycles. The van der Waals surface area contributed by atoms with Gasteiger partial charge in [-0.25, -0.2) is 0 Å². The predicted molar refractivity (Wildman–Crippen MR) is 71.5 cm³/mol. The second-order valence-electron chi connectivity index (χ2n) is 5.24. The van der Waals surface area contributed by atoms with Crippen molar-refractivity contribution in [1.82, 2.24) is 15.1 Å². The van der Waals surface area contributed by atoms with Crippen molar-refractivity contribution >= 4 is 5.78 Å². The van der Waals surface area contributed by atoms with E-state index in [1.807, 2.05) is 11.7 Å². The van der Waals surface area contributed by atoms with Gasteiger partial charge in [-0.05, 0) is 44.3 Å². The molecule has 18 heavy (non-hydrogen) atoms. The van der Waals surface area contributed by atoms with Crippen molar-refractivity contribution < 1.29 is 4.79 Å². The van der Waals surface area contributed by atoms with Crippen molar-refractivity contribution in [3.63, 3.8) is 0 Å². The van der Waals surface area contributed by atoms with E-state index < -0.39 is 0 Å². The van der Waals surface area contributed by atoms with E-state index >= 15 is 0 Å². The van der Waals surface area contributed by atoms with Gasteiger partial charge in [0, 0.05) is 25.6 Å². The fourth-order valence-electron chi connectivity index (χ4n) is 2.60. The Morgan fingerprint density at radius 3 is 3.06 bits per heavy atom. The summed E-state index contributed by atoms with van der Waals surface area (Å²) in [5.74, 6) is 0.875. The number of ketones is 1. The topological polar surface area (TPSA) is 46.9 Å². The molecule has 0 bridgehead atoms. The molecule has 100 valence electrons. The number of rotatable bonds is 5. The SMILES string of the molecule is CCc1cc(CC(=O)CC2CCCNC2)n(C)n1. The number of aryl methyl sites for hydroxylation is 2. The van der Waals surface area contributed by atoms with Crippen LogP contribution in [0, 0.1) is 5.92 Å². The molecule has 1 fully saturated rings. The van der Waals surface area contributed by atoms with E-state index in [1.165, 1.54) is 12.8 Å². The number of carbonyl (C=O) groups excluding carboxylic acids is 1. The summed E-state index contributed by atoms with van der Waals surface area (Å²) in [6, 6.07) is 2.05. The number of nitrogens with one attached hydrogen (secondary N) is 1. The van der Waals surface area contributed by atoms with E-state index in [0.29, 0.717) is 24.5 Å². The van der Waals surface area contributed by atoms with E-state index in [1.54, 1.807) is 0 Å². The van der Waals surface area contributed by atoms with Crippen LogP contribution in [0.5, 0.6) is 0 Å². The summed E-state index contributed by atoms with van der Waals surface area (Å²) in [5.41, 5.74) is 2.11. The van der Waals surface area contributed by atoms with Gasteiger partial charge in [-0.2, -0.15) is 5.10 Å². The number of hydrogen-bond donors (Lipinski definition) is 1. The molecule has 1 aromatic heterocycles. The summed E-state index contributed by atoms with van der Waals surface area (Å²) in [4.78, 5) is 12.1. The van der Waals surface area contributed by atoms with Crippen molar-refractivity contribution in [2.45, 2.75) is 39.0 Å². The highest BCUT2D eigenvalue weighted by Crippen LogP contribution is 2.16. The Hall–Kier alpha value is -1.16. The Morgan fingerprint density at radius 2 is 2.44 bits per heavy atom. The van der Waals surface area contributed by atoms with Crippen LogP contribution in [-0.4, -0.2) is 28.7 Å². The number of aromatic nitrogens is 2. The lowest BCUT2D eigenvalue weighted by atomic mass is 9.93. The Bertz CT molecular complexity index is 405. The van der Waals surface area contributed by atoms with Gasteiger partial charge in [0.05, 0.1) is 5.69 Å².